The molecule has 0 saturated heterocycles. The Balaban J connectivity index is 1.73. The van der Waals surface area contributed by atoms with E-state index in [4.69, 9.17) is 0 Å². The zero-order valence-corrected chi connectivity index (χ0v) is 16.4. The molecule has 21 heavy (non-hydrogen) atoms. The van der Waals surface area contributed by atoms with Crippen molar-refractivity contribution in [3.05, 3.63) is 61.4 Å². The summed E-state index contributed by atoms with van der Waals surface area (Å²) in [6, 6.07) is 14.5. The van der Waals surface area contributed by atoms with Gasteiger partial charge in [0.15, 0.2) is 5.17 Å². The molecule has 0 aliphatic carbocycles. The molecular formula is C15H11Br3N2S. The minimum Gasteiger partial charge on any atom is -0.333 e. The molecule has 1 unspecified atom stereocenters. The van der Waals surface area contributed by atoms with E-state index in [1.807, 2.05) is 18.2 Å². The van der Waals surface area contributed by atoms with Crippen LogP contribution in [-0.2, 0) is 0 Å². The molecule has 2 aromatic rings. The number of rotatable bonds is 2. The summed E-state index contributed by atoms with van der Waals surface area (Å²) in [5.41, 5.74) is 2.31. The van der Waals surface area contributed by atoms with E-state index in [0.717, 1.165) is 30.8 Å². The standard InChI is InChI=1S/C15H11Br3N2S/c16-10-6-11(17)14(12(18)7-10)20-15-19-8-13(21-15)9-4-2-1-3-5-9/h1-7,13H,8H2,(H,19,20). The van der Waals surface area contributed by atoms with Crippen molar-refractivity contribution < 1.29 is 0 Å². The van der Waals surface area contributed by atoms with Crippen molar-refractivity contribution in [2.45, 2.75) is 5.25 Å². The van der Waals surface area contributed by atoms with Crippen molar-refractivity contribution in [3.63, 3.8) is 0 Å². The molecule has 0 radical (unpaired) electrons. The zero-order valence-electron chi connectivity index (χ0n) is 10.8. The van der Waals surface area contributed by atoms with Crippen molar-refractivity contribution in [3.8, 4) is 0 Å². The van der Waals surface area contributed by atoms with E-state index in [9.17, 15) is 0 Å². The van der Waals surface area contributed by atoms with Gasteiger partial charge in [-0.25, -0.2) is 0 Å². The molecule has 6 heteroatoms. The normalized spacial score (nSPS) is 17.7. The number of benzene rings is 2. The first kappa shape index (κ1) is 15.6. The van der Waals surface area contributed by atoms with Gasteiger partial charge in [-0.05, 0) is 49.6 Å². The van der Waals surface area contributed by atoms with Gasteiger partial charge in [0.1, 0.15) is 0 Å². The summed E-state index contributed by atoms with van der Waals surface area (Å²) in [5, 5.41) is 4.74. The number of hydrogen-bond donors (Lipinski definition) is 1. The molecule has 0 spiro atoms. The van der Waals surface area contributed by atoms with Gasteiger partial charge in [-0.2, -0.15) is 0 Å². The topological polar surface area (TPSA) is 24.4 Å². The zero-order chi connectivity index (χ0) is 14.8. The van der Waals surface area contributed by atoms with Gasteiger partial charge >= 0.3 is 0 Å². The van der Waals surface area contributed by atoms with Crippen molar-refractivity contribution >= 4 is 70.4 Å². The van der Waals surface area contributed by atoms with E-state index in [1.54, 1.807) is 11.8 Å². The molecular weight excluding hydrogens is 480 g/mol. The van der Waals surface area contributed by atoms with Gasteiger partial charge in [0.05, 0.1) is 17.5 Å². The first-order chi connectivity index (χ1) is 10.1. The van der Waals surface area contributed by atoms with Crippen LogP contribution in [0.25, 0.3) is 0 Å². The fraction of sp³-hybridized carbons (Fsp3) is 0.133. The molecule has 0 amide bonds. The van der Waals surface area contributed by atoms with Crippen LogP contribution in [0.5, 0.6) is 0 Å². The fourth-order valence-electron chi connectivity index (χ4n) is 2.05. The van der Waals surface area contributed by atoms with E-state index in [1.165, 1.54) is 5.56 Å². The highest BCUT2D eigenvalue weighted by Crippen LogP contribution is 2.39. The summed E-state index contributed by atoms with van der Waals surface area (Å²) in [5.74, 6) is 0. The number of thioether (sulfide) groups is 1. The Bertz CT molecular complexity index is 666. The maximum atomic E-state index is 4.61. The second-order valence-corrected chi connectivity index (χ2v) is 8.35. The molecule has 3 rings (SSSR count). The molecule has 2 aromatic carbocycles. The first-order valence-corrected chi connectivity index (χ1v) is 9.57. The van der Waals surface area contributed by atoms with Gasteiger partial charge in [-0.1, -0.05) is 58.0 Å². The number of halogens is 3. The highest BCUT2D eigenvalue weighted by atomic mass is 79.9. The summed E-state index contributed by atoms with van der Waals surface area (Å²) in [6.45, 7) is 0.808. The van der Waals surface area contributed by atoms with Crippen LogP contribution in [0.4, 0.5) is 5.69 Å². The van der Waals surface area contributed by atoms with Crippen molar-refractivity contribution in [1.82, 2.24) is 0 Å². The molecule has 1 aliphatic heterocycles. The van der Waals surface area contributed by atoms with Gasteiger partial charge in [0, 0.05) is 13.4 Å². The molecule has 2 nitrogen and oxygen atoms in total. The predicted molar refractivity (Wildman–Crippen MR) is 102 cm³/mol. The average Bonchev–Trinajstić information content (AvgIpc) is 2.92. The second-order valence-electron chi connectivity index (χ2n) is 4.53. The molecule has 1 heterocycles. The third-order valence-electron chi connectivity index (χ3n) is 3.06. The quantitative estimate of drug-likeness (QED) is 0.539. The minimum absolute atomic E-state index is 0.390. The highest BCUT2D eigenvalue weighted by Gasteiger charge is 2.22. The maximum Gasteiger partial charge on any atom is 0.161 e. The fourth-order valence-corrected chi connectivity index (χ4v) is 5.53. The summed E-state index contributed by atoms with van der Waals surface area (Å²) in [4.78, 5) is 4.61. The van der Waals surface area contributed by atoms with Gasteiger partial charge in [0.2, 0.25) is 0 Å². The first-order valence-electron chi connectivity index (χ1n) is 6.31. The van der Waals surface area contributed by atoms with Gasteiger partial charge < -0.3 is 5.32 Å². The summed E-state index contributed by atoms with van der Waals surface area (Å²) < 4.78 is 3.01. The Morgan fingerprint density at radius 2 is 1.71 bits per heavy atom. The van der Waals surface area contributed by atoms with Crippen LogP contribution in [0.2, 0.25) is 0 Å². The molecule has 0 aromatic heterocycles. The number of amidine groups is 1. The lowest BCUT2D eigenvalue weighted by Crippen LogP contribution is -2.06. The molecule has 1 aliphatic rings. The Morgan fingerprint density at radius 1 is 1.05 bits per heavy atom. The Morgan fingerprint density at radius 3 is 2.38 bits per heavy atom. The predicted octanol–water partition coefficient (Wildman–Crippen LogP) is 6.23. The lowest BCUT2D eigenvalue weighted by molar-refractivity contribution is 0.966. The van der Waals surface area contributed by atoms with Crippen LogP contribution in [0, 0.1) is 0 Å². The van der Waals surface area contributed by atoms with Gasteiger partial charge in [0.25, 0.3) is 0 Å². The van der Waals surface area contributed by atoms with Crippen LogP contribution < -0.4 is 5.32 Å². The van der Waals surface area contributed by atoms with Crippen LogP contribution in [0.1, 0.15) is 10.8 Å². The second kappa shape index (κ2) is 6.86. The molecule has 0 fully saturated rings. The minimum atomic E-state index is 0.390. The van der Waals surface area contributed by atoms with E-state index < -0.39 is 0 Å². The van der Waals surface area contributed by atoms with E-state index >= 15 is 0 Å². The smallest absolute Gasteiger partial charge is 0.161 e. The largest absolute Gasteiger partial charge is 0.333 e. The van der Waals surface area contributed by atoms with Gasteiger partial charge in [-0.15, -0.1) is 0 Å². The third-order valence-corrected chi connectivity index (χ3v) is 5.93. The van der Waals surface area contributed by atoms with E-state index in [0.29, 0.717) is 5.25 Å². The van der Waals surface area contributed by atoms with Gasteiger partial charge in [-0.3, -0.25) is 4.99 Å². The molecule has 0 bridgehead atoms. The van der Waals surface area contributed by atoms with Crippen LogP contribution in [0.3, 0.4) is 0 Å². The van der Waals surface area contributed by atoms with Crippen LogP contribution in [0.15, 0.2) is 60.9 Å². The number of nitrogens with one attached hydrogen (secondary N) is 1. The summed E-state index contributed by atoms with van der Waals surface area (Å²) in [6.07, 6.45) is 0. The summed E-state index contributed by atoms with van der Waals surface area (Å²) in [7, 11) is 0. The van der Waals surface area contributed by atoms with Crippen molar-refractivity contribution in [2.75, 3.05) is 11.9 Å². The third kappa shape index (κ3) is 3.73. The van der Waals surface area contributed by atoms with Crippen LogP contribution >= 0.6 is 59.6 Å². The molecule has 0 saturated carbocycles. The number of nitrogens with zero attached hydrogens (tertiary/aromatic N) is 1. The number of aliphatic imine (C=N–C) groups is 1. The molecule has 1 atom stereocenters. The number of hydrogen-bond acceptors (Lipinski definition) is 3. The average molecular weight is 491 g/mol. The van der Waals surface area contributed by atoms with E-state index in [-0.39, 0.29) is 0 Å². The SMILES string of the molecule is Brc1cc(Br)c(NC2=NCC(c3ccccc3)S2)c(Br)c1. The van der Waals surface area contributed by atoms with Crippen molar-refractivity contribution in [2.24, 2.45) is 4.99 Å². The van der Waals surface area contributed by atoms with Crippen LogP contribution in [-0.4, -0.2) is 11.7 Å². The molecule has 1 N–H and O–H groups in total. The lowest BCUT2D eigenvalue weighted by Gasteiger charge is -2.12. The summed E-state index contributed by atoms with van der Waals surface area (Å²) >= 11 is 12.4. The molecule has 108 valence electrons. The maximum absolute atomic E-state index is 4.61. The Kier molecular flexibility index (Phi) is 5.09. The van der Waals surface area contributed by atoms with Crippen molar-refractivity contribution in [1.29, 1.82) is 0 Å². The van der Waals surface area contributed by atoms with E-state index in [2.05, 4.69) is 82.4 Å². The monoisotopic (exact) mass is 488 g/mol. The highest BCUT2D eigenvalue weighted by molar-refractivity contribution is 9.11. The lowest BCUT2D eigenvalue weighted by atomic mass is 10.1. The number of anilines is 1. The Labute approximate surface area is 153 Å². The Hall–Kier alpha value is -0.300.